The first-order valence-corrected chi connectivity index (χ1v) is 5.40. The SMILES string of the molecule is Clc1ccc(-n2ccc3cccnc32)cc1. The number of hydrogen-bond donors (Lipinski definition) is 0. The van der Waals surface area contributed by atoms with Crippen LogP contribution in [0.2, 0.25) is 5.02 Å². The standard InChI is InChI=1S/C13H9ClN2/c14-11-3-5-12(6-4-11)16-9-7-10-2-1-8-15-13(10)16/h1-9H. The van der Waals surface area contributed by atoms with Crippen LogP contribution < -0.4 is 0 Å². The van der Waals surface area contributed by atoms with Crippen LogP contribution in [-0.4, -0.2) is 9.55 Å². The summed E-state index contributed by atoms with van der Waals surface area (Å²) in [4.78, 5) is 4.37. The second kappa shape index (κ2) is 3.65. The molecule has 3 rings (SSSR count). The Balaban J connectivity index is 2.22. The Morgan fingerprint density at radius 1 is 1.00 bits per heavy atom. The van der Waals surface area contributed by atoms with E-state index in [1.54, 1.807) is 6.20 Å². The van der Waals surface area contributed by atoms with Crippen LogP contribution in [0.4, 0.5) is 0 Å². The fraction of sp³-hybridized carbons (Fsp3) is 0. The van der Waals surface area contributed by atoms with E-state index in [0.29, 0.717) is 0 Å². The molecule has 0 amide bonds. The summed E-state index contributed by atoms with van der Waals surface area (Å²) in [7, 11) is 0. The van der Waals surface area contributed by atoms with Gasteiger partial charge in [0.15, 0.2) is 0 Å². The molecule has 2 heterocycles. The van der Waals surface area contributed by atoms with Crippen LogP contribution >= 0.6 is 11.6 Å². The Bertz CT molecular complexity index is 626. The normalized spacial score (nSPS) is 10.8. The van der Waals surface area contributed by atoms with Crippen molar-refractivity contribution in [2.45, 2.75) is 0 Å². The molecule has 1 aromatic carbocycles. The first-order chi connectivity index (χ1) is 7.84. The van der Waals surface area contributed by atoms with E-state index in [-0.39, 0.29) is 0 Å². The summed E-state index contributed by atoms with van der Waals surface area (Å²) in [5.41, 5.74) is 2.03. The number of aromatic nitrogens is 2. The molecular weight excluding hydrogens is 220 g/mol. The van der Waals surface area contributed by atoms with Crippen molar-refractivity contribution in [2.75, 3.05) is 0 Å². The van der Waals surface area contributed by atoms with Crippen molar-refractivity contribution in [1.82, 2.24) is 9.55 Å². The zero-order chi connectivity index (χ0) is 11.0. The zero-order valence-electron chi connectivity index (χ0n) is 8.47. The van der Waals surface area contributed by atoms with Gasteiger partial charge in [0.1, 0.15) is 5.65 Å². The molecule has 0 aliphatic rings. The molecule has 2 nitrogen and oxygen atoms in total. The predicted octanol–water partition coefficient (Wildman–Crippen LogP) is 3.68. The lowest BCUT2D eigenvalue weighted by atomic mass is 10.3. The van der Waals surface area contributed by atoms with Crippen LogP contribution in [0.5, 0.6) is 0 Å². The van der Waals surface area contributed by atoms with E-state index in [1.165, 1.54) is 0 Å². The molecule has 0 radical (unpaired) electrons. The van der Waals surface area contributed by atoms with Gasteiger partial charge in [-0.15, -0.1) is 0 Å². The van der Waals surface area contributed by atoms with Gasteiger partial charge in [-0.05, 0) is 42.5 Å². The smallest absolute Gasteiger partial charge is 0.144 e. The molecule has 3 heteroatoms. The number of nitrogens with zero attached hydrogens (tertiary/aromatic N) is 2. The molecule has 78 valence electrons. The Kier molecular flexibility index (Phi) is 2.15. The second-order valence-electron chi connectivity index (χ2n) is 3.58. The third-order valence-electron chi connectivity index (χ3n) is 2.55. The molecule has 0 spiro atoms. The summed E-state index contributed by atoms with van der Waals surface area (Å²) in [6.07, 6.45) is 3.82. The largest absolute Gasteiger partial charge is 0.301 e. The van der Waals surface area contributed by atoms with E-state index in [9.17, 15) is 0 Å². The second-order valence-corrected chi connectivity index (χ2v) is 4.01. The predicted molar refractivity (Wildman–Crippen MR) is 66.1 cm³/mol. The van der Waals surface area contributed by atoms with Gasteiger partial charge in [0.2, 0.25) is 0 Å². The molecule has 0 N–H and O–H groups in total. The number of fused-ring (bicyclic) bond motifs is 1. The first-order valence-electron chi connectivity index (χ1n) is 5.02. The molecule has 0 unspecified atom stereocenters. The Morgan fingerprint density at radius 2 is 1.81 bits per heavy atom. The van der Waals surface area contributed by atoms with Crippen molar-refractivity contribution in [2.24, 2.45) is 0 Å². The summed E-state index contributed by atoms with van der Waals surface area (Å²) >= 11 is 5.87. The molecule has 0 atom stereocenters. The van der Waals surface area contributed by atoms with Crippen LogP contribution in [0.15, 0.2) is 54.9 Å². The summed E-state index contributed by atoms with van der Waals surface area (Å²) in [6.45, 7) is 0. The van der Waals surface area contributed by atoms with Gasteiger partial charge in [-0.25, -0.2) is 4.98 Å². The Morgan fingerprint density at radius 3 is 2.62 bits per heavy atom. The molecule has 0 aliphatic carbocycles. The third kappa shape index (κ3) is 1.48. The van der Waals surface area contributed by atoms with Gasteiger partial charge < -0.3 is 4.57 Å². The molecule has 0 saturated carbocycles. The van der Waals surface area contributed by atoms with Crippen molar-refractivity contribution in [3.05, 3.63) is 59.9 Å². The van der Waals surface area contributed by atoms with Gasteiger partial charge in [-0.2, -0.15) is 0 Å². The lowest BCUT2D eigenvalue weighted by Crippen LogP contribution is -1.92. The zero-order valence-corrected chi connectivity index (χ0v) is 9.22. The number of benzene rings is 1. The highest BCUT2D eigenvalue weighted by Gasteiger charge is 2.02. The summed E-state index contributed by atoms with van der Waals surface area (Å²) < 4.78 is 2.05. The fourth-order valence-corrected chi connectivity index (χ4v) is 1.90. The van der Waals surface area contributed by atoms with E-state index in [2.05, 4.69) is 17.1 Å². The molecule has 0 bridgehead atoms. The van der Waals surface area contributed by atoms with Crippen LogP contribution in [-0.2, 0) is 0 Å². The quantitative estimate of drug-likeness (QED) is 0.621. The van der Waals surface area contributed by atoms with E-state index < -0.39 is 0 Å². The van der Waals surface area contributed by atoms with Gasteiger partial charge in [-0.1, -0.05) is 11.6 Å². The lowest BCUT2D eigenvalue weighted by molar-refractivity contribution is 1.09. The fourth-order valence-electron chi connectivity index (χ4n) is 1.78. The van der Waals surface area contributed by atoms with E-state index >= 15 is 0 Å². The van der Waals surface area contributed by atoms with Crippen LogP contribution in [0, 0.1) is 0 Å². The monoisotopic (exact) mass is 228 g/mol. The number of halogens is 1. The van der Waals surface area contributed by atoms with Crippen molar-refractivity contribution in [3.8, 4) is 5.69 Å². The molecule has 3 aromatic rings. The van der Waals surface area contributed by atoms with Crippen LogP contribution in [0.3, 0.4) is 0 Å². The Hall–Kier alpha value is -1.80. The van der Waals surface area contributed by atoms with E-state index in [4.69, 9.17) is 11.6 Å². The third-order valence-corrected chi connectivity index (χ3v) is 2.80. The topological polar surface area (TPSA) is 17.8 Å². The molecule has 0 aliphatic heterocycles. The Labute approximate surface area is 98.1 Å². The average molecular weight is 229 g/mol. The minimum absolute atomic E-state index is 0.744. The van der Waals surface area contributed by atoms with Crippen molar-refractivity contribution >= 4 is 22.6 Å². The summed E-state index contributed by atoms with van der Waals surface area (Å²) in [6, 6.07) is 13.8. The maximum absolute atomic E-state index is 5.87. The highest BCUT2D eigenvalue weighted by Crippen LogP contribution is 2.19. The number of pyridine rings is 1. The van der Waals surface area contributed by atoms with E-state index in [0.717, 1.165) is 21.7 Å². The molecule has 16 heavy (non-hydrogen) atoms. The van der Waals surface area contributed by atoms with Gasteiger partial charge >= 0.3 is 0 Å². The molecule has 2 aromatic heterocycles. The first kappa shape index (κ1) is 9.43. The van der Waals surface area contributed by atoms with Gasteiger partial charge in [-0.3, -0.25) is 0 Å². The van der Waals surface area contributed by atoms with Crippen LogP contribution in [0.1, 0.15) is 0 Å². The average Bonchev–Trinajstić information content (AvgIpc) is 2.74. The minimum atomic E-state index is 0.744. The highest BCUT2D eigenvalue weighted by atomic mass is 35.5. The lowest BCUT2D eigenvalue weighted by Gasteiger charge is -2.04. The molecule has 0 fully saturated rings. The molecular formula is C13H9ClN2. The molecule has 0 saturated heterocycles. The van der Waals surface area contributed by atoms with Crippen LogP contribution in [0.25, 0.3) is 16.7 Å². The maximum atomic E-state index is 5.87. The summed E-state index contributed by atoms with van der Waals surface area (Å²) in [5.74, 6) is 0. The van der Waals surface area contributed by atoms with E-state index in [1.807, 2.05) is 41.1 Å². The van der Waals surface area contributed by atoms with Gasteiger partial charge in [0, 0.05) is 28.5 Å². The van der Waals surface area contributed by atoms with Crippen molar-refractivity contribution in [3.63, 3.8) is 0 Å². The minimum Gasteiger partial charge on any atom is -0.301 e. The van der Waals surface area contributed by atoms with Crippen molar-refractivity contribution in [1.29, 1.82) is 0 Å². The van der Waals surface area contributed by atoms with Gasteiger partial charge in [0.25, 0.3) is 0 Å². The van der Waals surface area contributed by atoms with Gasteiger partial charge in [0.05, 0.1) is 0 Å². The number of hydrogen-bond acceptors (Lipinski definition) is 1. The number of rotatable bonds is 1. The van der Waals surface area contributed by atoms with Crippen molar-refractivity contribution < 1.29 is 0 Å². The summed E-state index contributed by atoms with van der Waals surface area (Å²) in [5, 5.41) is 1.88. The maximum Gasteiger partial charge on any atom is 0.144 e. The highest BCUT2D eigenvalue weighted by molar-refractivity contribution is 6.30.